The zero-order valence-electron chi connectivity index (χ0n) is 7.34. The molecule has 60 valence electrons. The van der Waals surface area contributed by atoms with Gasteiger partial charge in [0.1, 0.15) is 0 Å². The van der Waals surface area contributed by atoms with Gasteiger partial charge in [0.15, 0.2) is 0 Å². The van der Waals surface area contributed by atoms with Gasteiger partial charge >= 0.3 is 0 Å². The van der Waals surface area contributed by atoms with Gasteiger partial charge in [0.05, 0.1) is 5.54 Å². The molecule has 1 N–H and O–H groups in total. The van der Waals surface area contributed by atoms with Crippen molar-refractivity contribution >= 4 is 5.71 Å². The Morgan fingerprint density at radius 2 is 1.70 bits per heavy atom. The summed E-state index contributed by atoms with van der Waals surface area (Å²) in [5.74, 6) is 0. The number of rotatable bonds is 1. The second kappa shape index (κ2) is 3.01. The second-order valence-corrected chi connectivity index (χ2v) is 3.51. The number of hydrazone groups is 1. The number of hydrogen-bond donors (Lipinski definition) is 1. The van der Waals surface area contributed by atoms with Gasteiger partial charge in [-0.1, -0.05) is 0 Å². The van der Waals surface area contributed by atoms with Crippen LogP contribution >= 0.6 is 0 Å². The van der Waals surface area contributed by atoms with Crippen molar-refractivity contribution in [2.45, 2.75) is 40.2 Å². The molecular weight excluding hydrogens is 128 g/mol. The molecule has 0 heterocycles. The fraction of sp³-hybridized carbons (Fsp3) is 0.857. The van der Waals surface area contributed by atoms with E-state index in [0.717, 1.165) is 10.9 Å². The van der Waals surface area contributed by atoms with E-state index in [2.05, 4.69) is 5.10 Å². The van der Waals surface area contributed by atoms with E-state index in [1.807, 2.05) is 34.6 Å². The van der Waals surface area contributed by atoms with Crippen molar-refractivity contribution in [1.82, 2.24) is 5.17 Å². The van der Waals surface area contributed by atoms with Crippen LogP contribution in [0.15, 0.2) is 5.10 Å². The van der Waals surface area contributed by atoms with Crippen LogP contribution in [0.5, 0.6) is 0 Å². The number of hydrogen-bond acceptors (Lipinski definition) is 3. The lowest BCUT2D eigenvalue weighted by Gasteiger charge is -2.26. The molecule has 3 nitrogen and oxygen atoms in total. The van der Waals surface area contributed by atoms with Crippen molar-refractivity contribution < 1.29 is 5.21 Å². The third-order valence-electron chi connectivity index (χ3n) is 0.895. The quantitative estimate of drug-likeness (QED) is 0.450. The van der Waals surface area contributed by atoms with E-state index in [1.165, 1.54) is 0 Å². The van der Waals surface area contributed by atoms with Crippen molar-refractivity contribution in [3.8, 4) is 0 Å². The maximum absolute atomic E-state index is 9.20. The zero-order chi connectivity index (χ0) is 8.36. The van der Waals surface area contributed by atoms with Crippen LogP contribution in [-0.4, -0.2) is 21.6 Å². The Morgan fingerprint density at radius 1 is 1.30 bits per heavy atom. The molecule has 3 heteroatoms. The van der Waals surface area contributed by atoms with Crippen molar-refractivity contribution in [3.05, 3.63) is 0 Å². The average Bonchev–Trinajstić information content (AvgIpc) is 1.60. The molecule has 0 amide bonds. The topological polar surface area (TPSA) is 35.8 Å². The molecule has 0 aliphatic rings. The summed E-state index contributed by atoms with van der Waals surface area (Å²) in [7, 11) is 0. The van der Waals surface area contributed by atoms with E-state index >= 15 is 0 Å². The Balaban J connectivity index is 4.11. The van der Waals surface area contributed by atoms with Gasteiger partial charge in [-0.2, -0.15) is 10.3 Å². The normalized spacial score (nSPS) is 11.0. The predicted octanol–water partition coefficient (Wildman–Crippen LogP) is 1.87. The third kappa shape index (κ3) is 3.45. The summed E-state index contributed by atoms with van der Waals surface area (Å²) in [6.45, 7) is 9.35. The van der Waals surface area contributed by atoms with E-state index < -0.39 is 0 Å². The zero-order valence-corrected chi connectivity index (χ0v) is 7.34. The van der Waals surface area contributed by atoms with Gasteiger partial charge < -0.3 is 0 Å². The van der Waals surface area contributed by atoms with Crippen LogP contribution in [0, 0.1) is 0 Å². The summed E-state index contributed by atoms with van der Waals surface area (Å²) in [5, 5.41) is 14.0. The third-order valence-corrected chi connectivity index (χ3v) is 0.895. The van der Waals surface area contributed by atoms with E-state index in [4.69, 9.17) is 0 Å². The second-order valence-electron chi connectivity index (χ2n) is 3.51. The molecule has 0 unspecified atom stereocenters. The first kappa shape index (κ1) is 9.43. The maximum atomic E-state index is 9.20. The van der Waals surface area contributed by atoms with E-state index in [9.17, 15) is 5.21 Å². The SMILES string of the molecule is CC(C)=NN(O)C(C)(C)C. The van der Waals surface area contributed by atoms with Gasteiger partial charge in [-0.15, -0.1) is 0 Å². The molecule has 0 aromatic heterocycles. The summed E-state index contributed by atoms with van der Waals surface area (Å²) < 4.78 is 0. The van der Waals surface area contributed by atoms with Gasteiger partial charge in [0, 0.05) is 5.71 Å². The largest absolute Gasteiger partial charge is 0.271 e. The van der Waals surface area contributed by atoms with Crippen LogP contribution < -0.4 is 0 Å². The first-order chi connectivity index (χ1) is 4.34. The highest BCUT2D eigenvalue weighted by atomic mass is 16.5. The van der Waals surface area contributed by atoms with Crippen LogP contribution in [0.1, 0.15) is 34.6 Å². The highest BCUT2D eigenvalue weighted by Gasteiger charge is 2.16. The van der Waals surface area contributed by atoms with Crippen LogP contribution in [0.4, 0.5) is 0 Å². The molecule has 0 saturated carbocycles. The molecule has 0 aliphatic heterocycles. The lowest BCUT2D eigenvalue weighted by Crippen LogP contribution is -2.34. The highest BCUT2D eigenvalue weighted by molar-refractivity contribution is 5.78. The minimum atomic E-state index is -0.308. The molecule has 10 heavy (non-hydrogen) atoms. The molecule has 0 fully saturated rings. The van der Waals surface area contributed by atoms with Gasteiger partial charge in [-0.05, 0) is 34.6 Å². The monoisotopic (exact) mass is 144 g/mol. The Kier molecular flexibility index (Phi) is 2.84. The molecule has 0 saturated heterocycles. The number of nitrogens with zero attached hydrogens (tertiary/aromatic N) is 2. The van der Waals surface area contributed by atoms with Crippen molar-refractivity contribution in [2.75, 3.05) is 0 Å². The summed E-state index contributed by atoms with van der Waals surface area (Å²) in [5.41, 5.74) is 0.537. The van der Waals surface area contributed by atoms with Crippen molar-refractivity contribution in [3.63, 3.8) is 0 Å². The van der Waals surface area contributed by atoms with Crippen molar-refractivity contribution in [2.24, 2.45) is 5.10 Å². The van der Waals surface area contributed by atoms with Gasteiger partial charge in [-0.25, -0.2) is 0 Å². The molecule has 0 aliphatic carbocycles. The van der Waals surface area contributed by atoms with Crippen LogP contribution in [0.2, 0.25) is 0 Å². The van der Waals surface area contributed by atoms with E-state index in [1.54, 1.807) is 0 Å². The predicted molar refractivity (Wildman–Crippen MR) is 42.2 cm³/mol. The Hall–Kier alpha value is -0.570. The molecule has 0 bridgehead atoms. The maximum Gasteiger partial charge on any atom is 0.0778 e. The Bertz CT molecular complexity index is 131. The summed E-state index contributed by atoms with van der Waals surface area (Å²) in [6, 6.07) is 0. The molecule has 0 aromatic carbocycles. The first-order valence-corrected chi connectivity index (χ1v) is 3.35. The lowest BCUT2D eigenvalue weighted by atomic mass is 10.1. The molecular formula is C7H16N2O. The van der Waals surface area contributed by atoms with Gasteiger partial charge in [-0.3, -0.25) is 5.21 Å². The Morgan fingerprint density at radius 3 is 1.80 bits per heavy atom. The summed E-state index contributed by atoms with van der Waals surface area (Å²) >= 11 is 0. The lowest BCUT2D eigenvalue weighted by molar-refractivity contribution is -0.155. The van der Waals surface area contributed by atoms with Crippen LogP contribution in [0.3, 0.4) is 0 Å². The minimum Gasteiger partial charge on any atom is -0.271 e. The fourth-order valence-corrected chi connectivity index (χ4v) is 0.339. The standard InChI is InChI=1S/C7H16N2O/c1-6(2)8-9(10)7(3,4)5/h10H,1-5H3. The molecule has 0 rings (SSSR count). The molecule has 0 spiro atoms. The van der Waals surface area contributed by atoms with Crippen molar-refractivity contribution in [1.29, 1.82) is 0 Å². The van der Waals surface area contributed by atoms with Gasteiger partial charge in [0.25, 0.3) is 0 Å². The summed E-state index contributed by atoms with van der Waals surface area (Å²) in [6.07, 6.45) is 0. The average molecular weight is 144 g/mol. The van der Waals surface area contributed by atoms with E-state index in [-0.39, 0.29) is 5.54 Å². The molecule has 0 atom stereocenters. The smallest absolute Gasteiger partial charge is 0.0778 e. The van der Waals surface area contributed by atoms with Crippen LogP contribution in [-0.2, 0) is 0 Å². The first-order valence-electron chi connectivity index (χ1n) is 3.35. The van der Waals surface area contributed by atoms with Gasteiger partial charge in [0.2, 0.25) is 0 Å². The fourth-order valence-electron chi connectivity index (χ4n) is 0.339. The molecule has 0 radical (unpaired) electrons. The Labute approximate surface area is 62.3 Å². The minimum absolute atomic E-state index is 0.308. The van der Waals surface area contributed by atoms with Crippen LogP contribution in [0.25, 0.3) is 0 Å². The number of hydroxylamine groups is 1. The molecule has 0 aromatic rings. The van der Waals surface area contributed by atoms with E-state index in [0.29, 0.717) is 0 Å². The summed E-state index contributed by atoms with van der Waals surface area (Å²) in [4.78, 5) is 0. The highest BCUT2D eigenvalue weighted by Crippen LogP contribution is 2.09.